The minimum Gasteiger partial charge on any atom is -0.460 e. The first kappa shape index (κ1) is 37.2. The van der Waals surface area contributed by atoms with E-state index >= 15 is 0 Å². The first-order valence-corrected chi connectivity index (χ1v) is 17.0. The number of rotatable bonds is 15. The van der Waals surface area contributed by atoms with Crippen LogP contribution in [0.2, 0.25) is 0 Å². The van der Waals surface area contributed by atoms with Gasteiger partial charge in [0.15, 0.2) is 9.84 Å². The van der Waals surface area contributed by atoms with E-state index in [0.29, 0.717) is 6.42 Å². The van der Waals surface area contributed by atoms with Crippen molar-refractivity contribution in [3.05, 3.63) is 83.3 Å². The molecule has 45 heavy (non-hydrogen) atoms. The van der Waals surface area contributed by atoms with Crippen LogP contribution < -0.4 is 16.0 Å². The number of amides is 3. The van der Waals surface area contributed by atoms with Crippen molar-refractivity contribution in [3.63, 3.8) is 0 Å². The van der Waals surface area contributed by atoms with Crippen LogP contribution in [0.15, 0.2) is 72.1 Å². The first-order chi connectivity index (χ1) is 20.9. The van der Waals surface area contributed by atoms with Crippen LogP contribution >= 0.6 is 0 Å². The zero-order valence-corrected chi connectivity index (χ0v) is 28.0. The van der Waals surface area contributed by atoms with E-state index in [0.717, 1.165) is 22.8 Å². The minimum atomic E-state index is -3.40. The van der Waals surface area contributed by atoms with Crippen LogP contribution in [0.25, 0.3) is 0 Å². The Kier molecular flexibility index (Phi) is 14.0. The van der Waals surface area contributed by atoms with Gasteiger partial charge in [-0.05, 0) is 57.6 Å². The van der Waals surface area contributed by atoms with Crippen molar-refractivity contribution in [1.29, 1.82) is 0 Å². The molecule has 10 nitrogen and oxygen atoms in total. The van der Waals surface area contributed by atoms with Gasteiger partial charge in [0.25, 0.3) is 0 Å². The lowest BCUT2D eigenvalue weighted by Crippen LogP contribution is -2.54. The zero-order valence-electron chi connectivity index (χ0n) is 27.2. The molecule has 0 spiro atoms. The Bertz CT molecular complexity index is 1380. The summed E-state index contributed by atoms with van der Waals surface area (Å²) in [6.07, 6.45) is 2.74. The van der Waals surface area contributed by atoms with Gasteiger partial charge in [-0.2, -0.15) is 0 Å². The van der Waals surface area contributed by atoms with E-state index in [2.05, 4.69) is 16.0 Å². The molecule has 0 aliphatic carbocycles. The van der Waals surface area contributed by atoms with Crippen LogP contribution in [0.1, 0.15) is 77.8 Å². The van der Waals surface area contributed by atoms with Crippen LogP contribution in [0.3, 0.4) is 0 Å². The molecular weight excluding hydrogens is 594 g/mol. The van der Waals surface area contributed by atoms with Gasteiger partial charge in [-0.1, -0.05) is 80.6 Å². The Labute approximate surface area is 267 Å². The number of hydrogen-bond donors (Lipinski definition) is 3. The lowest BCUT2D eigenvalue weighted by Gasteiger charge is -2.26. The monoisotopic (exact) mass is 641 g/mol. The van der Waals surface area contributed by atoms with E-state index in [1.165, 1.54) is 13.0 Å². The molecular formula is C34H47N3O7S. The van der Waals surface area contributed by atoms with E-state index < -0.39 is 63.2 Å². The maximum atomic E-state index is 13.8. The quantitative estimate of drug-likeness (QED) is 0.249. The summed E-state index contributed by atoms with van der Waals surface area (Å²) in [6.45, 7) is 10.6. The van der Waals surface area contributed by atoms with Gasteiger partial charge < -0.3 is 20.7 Å². The van der Waals surface area contributed by atoms with Crippen LogP contribution in [-0.4, -0.2) is 62.1 Å². The van der Waals surface area contributed by atoms with Crippen LogP contribution in [0.5, 0.6) is 0 Å². The van der Waals surface area contributed by atoms with Gasteiger partial charge in [-0.25, -0.2) is 8.42 Å². The summed E-state index contributed by atoms with van der Waals surface area (Å²) in [5, 5.41) is 9.28. The lowest BCUT2D eigenvalue weighted by molar-refractivity contribution is -0.155. The van der Waals surface area contributed by atoms with Gasteiger partial charge in [0.05, 0.1) is 5.92 Å². The SMILES string of the molecule is CC(C)C[C@@H](/C=C/S(C)(=O)=O)NC(=O)[C@H](C)NC(=O)[C@H](CCC(=O)OC(C)(C)C)NC(=O)C(c1ccccc1)c1ccccc1. The van der Waals surface area contributed by atoms with Gasteiger partial charge in [0.2, 0.25) is 17.7 Å². The molecule has 0 unspecified atom stereocenters. The number of carbonyl (C=O) groups is 4. The van der Waals surface area contributed by atoms with Crippen molar-refractivity contribution in [2.24, 2.45) is 5.92 Å². The topological polar surface area (TPSA) is 148 Å². The summed E-state index contributed by atoms with van der Waals surface area (Å²) < 4.78 is 28.7. The Hall–Kier alpha value is -3.99. The summed E-state index contributed by atoms with van der Waals surface area (Å²) in [7, 11) is -3.40. The molecule has 0 saturated carbocycles. The average Bonchev–Trinajstić information content (AvgIpc) is 2.93. The highest BCUT2D eigenvalue weighted by molar-refractivity contribution is 7.93. The fraction of sp³-hybridized carbons (Fsp3) is 0.471. The Morgan fingerprint density at radius 3 is 1.80 bits per heavy atom. The molecule has 3 amide bonds. The van der Waals surface area contributed by atoms with E-state index in [-0.39, 0.29) is 18.8 Å². The van der Waals surface area contributed by atoms with Gasteiger partial charge in [0.1, 0.15) is 17.7 Å². The Morgan fingerprint density at radius 2 is 1.33 bits per heavy atom. The largest absolute Gasteiger partial charge is 0.460 e. The molecule has 3 N–H and O–H groups in total. The van der Waals surface area contributed by atoms with Crippen molar-refractivity contribution in [2.75, 3.05) is 6.26 Å². The predicted molar refractivity (Wildman–Crippen MR) is 175 cm³/mol. The molecule has 11 heteroatoms. The normalized spacial score (nSPS) is 14.1. The van der Waals surface area contributed by atoms with Gasteiger partial charge in [-0.15, -0.1) is 0 Å². The highest BCUT2D eigenvalue weighted by Crippen LogP contribution is 2.25. The van der Waals surface area contributed by atoms with E-state index in [4.69, 9.17) is 4.74 Å². The third-order valence-electron chi connectivity index (χ3n) is 6.58. The van der Waals surface area contributed by atoms with Gasteiger partial charge in [-0.3, -0.25) is 19.2 Å². The van der Waals surface area contributed by atoms with Crippen LogP contribution in [-0.2, 0) is 33.8 Å². The Morgan fingerprint density at radius 1 is 0.800 bits per heavy atom. The Balaban J connectivity index is 2.28. The van der Waals surface area contributed by atoms with Crippen molar-refractivity contribution in [3.8, 4) is 0 Å². The molecule has 2 aromatic carbocycles. The molecule has 246 valence electrons. The standard InChI is InChI=1S/C34H47N3O7S/c1-23(2)22-27(20-21-45(7,42)43)36-31(39)24(3)35-32(40)28(18-19-29(38)44-34(4,5)6)37-33(41)30(25-14-10-8-11-15-25)26-16-12-9-13-17-26/h8-17,20-21,23-24,27-28,30H,18-19,22H2,1-7H3,(H,35,40)(H,36,39)(H,37,41)/b21-20+/t24-,27+,28-/m0/s1. The molecule has 0 saturated heterocycles. The summed E-state index contributed by atoms with van der Waals surface area (Å²) in [4.78, 5) is 53.0. The fourth-order valence-electron chi connectivity index (χ4n) is 4.58. The second-order valence-corrected chi connectivity index (χ2v) is 14.5. The van der Waals surface area contributed by atoms with E-state index in [1.54, 1.807) is 20.8 Å². The number of benzene rings is 2. The van der Waals surface area contributed by atoms with Crippen molar-refractivity contribution >= 4 is 33.5 Å². The third-order valence-corrected chi connectivity index (χ3v) is 7.23. The molecule has 0 bridgehead atoms. The number of carbonyl (C=O) groups excluding carboxylic acids is 4. The van der Waals surface area contributed by atoms with Gasteiger partial charge >= 0.3 is 5.97 Å². The van der Waals surface area contributed by atoms with E-state index in [9.17, 15) is 27.6 Å². The average molecular weight is 642 g/mol. The summed E-state index contributed by atoms with van der Waals surface area (Å²) >= 11 is 0. The fourth-order valence-corrected chi connectivity index (χ4v) is 5.06. The molecule has 0 aliphatic heterocycles. The minimum absolute atomic E-state index is 0.0653. The maximum Gasteiger partial charge on any atom is 0.306 e. The molecule has 0 aliphatic rings. The highest BCUT2D eigenvalue weighted by atomic mass is 32.2. The summed E-state index contributed by atoms with van der Waals surface area (Å²) in [6, 6.07) is 15.5. The first-order valence-electron chi connectivity index (χ1n) is 15.1. The molecule has 2 aromatic rings. The van der Waals surface area contributed by atoms with Crippen LogP contribution in [0, 0.1) is 5.92 Å². The molecule has 0 fully saturated rings. The number of nitrogens with one attached hydrogen (secondary N) is 3. The maximum absolute atomic E-state index is 13.8. The molecule has 3 atom stereocenters. The molecule has 0 radical (unpaired) electrons. The molecule has 0 heterocycles. The van der Waals surface area contributed by atoms with Crippen molar-refractivity contribution in [2.45, 2.75) is 90.4 Å². The number of esters is 1. The summed E-state index contributed by atoms with van der Waals surface area (Å²) in [5.74, 6) is -2.74. The highest BCUT2D eigenvalue weighted by Gasteiger charge is 2.30. The van der Waals surface area contributed by atoms with Gasteiger partial charge in [0, 0.05) is 24.1 Å². The molecule has 2 rings (SSSR count). The second kappa shape index (κ2) is 16.9. The lowest BCUT2D eigenvalue weighted by atomic mass is 9.90. The number of sulfone groups is 1. The smallest absolute Gasteiger partial charge is 0.306 e. The predicted octanol–water partition coefficient (Wildman–Crippen LogP) is 4.02. The second-order valence-electron chi connectivity index (χ2n) is 12.6. The molecule has 0 aromatic heterocycles. The van der Waals surface area contributed by atoms with Crippen LogP contribution in [0.4, 0.5) is 0 Å². The third kappa shape index (κ3) is 14.1. The van der Waals surface area contributed by atoms with Crippen molar-refractivity contribution in [1.82, 2.24) is 16.0 Å². The van der Waals surface area contributed by atoms with E-state index in [1.807, 2.05) is 74.5 Å². The number of hydrogen-bond acceptors (Lipinski definition) is 7. The van der Waals surface area contributed by atoms with Crippen molar-refractivity contribution < 1.29 is 32.3 Å². The number of ether oxygens (including phenoxy) is 1. The zero-order chi connectivity index (χ0) is 33.8. The summed E-state index contributed by atoms with van der Waals surface area (Å²) in [5.41, 5.74) is 0.714.